The lowest BCUT2D eigenvalue weighted by Gasteiger charge is -2.34. The molecule has 1 aromatic carbocycles. The van der Waals surface area contributed by atoms with Crippen molar-refractivity contribution >= 4 is 23.8 Å². The van der Waals surface area contributed by atoms with Gasteiger partial charge >= 0.3 is 6.09 Å². The Kier molecular flexibility index (Phi) is 5.20. The molecule has 2 aliphatic heterocycles. The molecule has 0 spiro atoms. The number of fused-ring (bicyclic) bond motifs is 1. The fourth-order valence-electron chi connectivity index (χ4n) is 3.16. The van der Waals surface area contributed by atoms with Gasteiger partial charge in [-0.25, -0.2) is 4.79 Å². The number of hydrogen-bond donors (Lipinski definition) is 0. The summed E-state index contributed by atoms with van der Waals surface area (Å²) in [6.07, 6.45) is -0.296. The molecule has 0 unspecified atom stereocenters. The monoisotopic (exact) mass is 359 g/mol. The normalized spacial score (nSPS) is 16.7. The number of amides is 4. The van der Waals surface area contributed by atoms with Crippen molar-refractivity contribution in [2.75, 3.05) is 39.3 Å². The molecule has 0 saturated carbocycles. The van der Waals surface area contributed by atoms with E-state index < -0.39 is 0 Å². The predicted molar refractivity (Wildman–Crippen MR) is 91.6 cm³/mol. The van der Waals surface area contributed by atoms with E-state index >= 15 is 0 Å². The van der Waals surface area contributed by atoms with Crippen LogP contribution >= 0.6 is 0 Å². The first kappa shape index (κ1) is 17.9. The van der Waals surface area contributed by atoms with Gasteiger partial charge in [0.15, 0.2) is 0 Å². The lowest BCUT2D eigenvalue weighted by atomic mass is 10.1. The van der Waals surface area contributed by atoms with Crippen LogP contribution in [0.4, 0.5) is 4.79 Å². The molecule has 0 atom stereocenters. The summed E-state index contributed by atoms with van der Waals surface area (Å²) in [7, 11) is 0. The number of piperazine rings is 1. The van der Waals surface area contributed by atoms with Crippen LogP contribution in [-0.2, 0) is 9.53 Å². The minimum atomic E-state index is -0.370. The highest BCUT2D eigenvalue weighted by Crippen LogP contribution is 2.22. The van der Waals surface area contributed by atoms with Crippen LogP contribution in [0.1, 0.15) is 34.1 Å². The van der Waals surface area contributed by atoms with Crippen LogP contribution in [-0.4, -0.2) is 77.8 Å². The van der Waals surface area contributed by atoms with Gasteiger partial charge in [-0.3, -0.25) is 19.3 Å². The fraction of sp³-hybridized carbons (Fsp3) is 0.444. The second kappa shape index (κ2) is 7.55. The van der Waals surface area contributed by atoms with Gasteiger partial charge in [-0.2, -0.15) is 0 Å². The summed E-state index contributed by atoms with van der Waals surface area (Å²) in [6.45, 7) is 3.78. The molecule has 0 N–H and O–H groups in total. The largest absolute Gasteiger partial charge is 0.450 e. The lowest BCUT2D eigenvalue weighted by molar-refractivity contribution is -0.132. The summed E-state index contributed by atoms with van der Waals surface area (Å²) in [4.78, 5) is 53.0. The van der Waals surface area contributed by atoms with Crippen LogP contribution in [0.25, 0.3) is 0 Å². The Labute approximate surface area is 151 Å². The first-order valence-electron chi connectivity index (χ1n) is 8.67. The maximum atomic E-state index is 12.4. The number of rotatable bonds is 4. The van der Waals surface area contributed by atoms with Crippen molar-refractivity contribution in [1.29, 1.82) is 0 Å². The SMILES string of the molecule is CCOC(=O)N1CCN(C(=O)CCN2C(=O)c3ccccc3C2=O)CC1. The van der Waals surface area contributed by atoms with Crippen LogP contribution in [0.15, 0.2) is 24.3 Å². The molecule has 2 heterocycles. The van der Waals surface area contributed by atoms with Crippen molar-refractivity contribution < 1.29 is 23.9 Å². The van der Waals surface area contributed by atoms with E-state index in [1.165, 1.54) is 0 Å². The van der Waals surface area contributed by atoms with E-state index in [4.69, 9.17) is 4.74 Å². The van der Waals surface area contributed by atoms with E-state index in [2.05, 4.69) is 0 Å². The molecular formula is C18H21N3O5. The van der Waals surface area contributed by atoms with E-state index in [-0.39, 0.29) is 36.8 Å². The van der Waals surface area contributed by atoms with Gasteiger partial charge in [-0.15, -0.1) is 0 Å². The minimum Gasteiger partial charge on any atom is -0.450 e. The number of ether oxygens (including phenoxy) is 1. The predicted octanol–water partition coefficient (Wildman–Crippen LogP) is 0.973. The van der Waals surface area contributed by atoms with Crippen LogP contribution in [0.5, 0.6) is 0 Å². The van der Waals surface area contributed by atoms with Gasteiger partial charge < -0.3 is 14.5 Å². The Bertz CT molecular complexity index is 705. The molecule has 0 radical (unpaired) electrons. The Hall–Kier alpha value is -2.90. The standard InChI is InChI=1S/C18H21N3O5/c1-2-26-18(25)20-11-9-19(10-12-20)15(22)7-8-21-16(23)13-5-3-4-6-14(13)17(21)24/h3-6H,2,7-12H2,1H3. The smallest absolute Gasteiger partial charge is 0.409 e. The second-order valence-electron chi connectivity index (χ2n) is 6.12. The molecule has 0 aromatic heterocycles. The number of carbonyl (C=O) groups excluding carboxylic acids is 4. The summed E-state index contributed by atoms with van der Waals surface area (Å²) in [5.41, 5.74) is 0.765. The van der Waals surface area contributed by atoms with E-state index in [0.29, 0.717) is 43.9 Å². The number of imide groups is 1. The van der Waals surface area contributed by atoms with Gasteiger partial charge in [0.2, 0.25) is 5.91 Å². The van der Waals surface area contributed by atoms with Gasteiger partial charge in [0.1, 0.15) is 0 Å². The summed E-state index contributed by atoms with van der Waals surface area (Å²) in [6, 6.07) is 6.65. The second-order valence-corrected chi connectivity index (χ2v) is 6.12. The van der Waals surface area contributed by atoms with Crippen molar-refractivity contribution in [1.82, 2.24) is 14.7 Å². The lowest BCUT2D eigenvalue weighted by Crippen LogP contribution is -2.51. The van der Waals surface area contributed by atoms with Crippen molar-refractivity contribution in [2.24, 2.45) is 0 Å². The summed E-state index contributed by atoms with van der Waals surface area (Å²) in [5.74, 6) is -0.846. The van der Waals surface area contributed by atoms with E-state index in [1.807, 2.05) is 0 Å². The molecule has 2 aliphatic rings. The number of benzene rings is 1. The molecule has 8 heteroatoms. The molecule has 26 heavy (non-hydrogen) atoms. The van der Waals surface area contributed by atoms with E-state index in [9.17, 15) is 19.2 Å². The molecular weight excluding hydrogens is 338 g/mol. The van der Waals surface area contributed by atoms with Crippen molar-refractivity contribution in [3.63, 3.8) is 0 Å². The fourth-order valence-corrected chi connectivity index (χ4v) is 3.16. The third-order valence-corrected chi connectivity index (χ3v) is 4.59. The van der Waals surface area contributed by atoms with Gasteiger partial charge in [-0.1, -0.05) is 12.1 Å². The highest BCUT2D eigenvalue weighted by molar-refractivity contribution is 6.21. The molecule has 0 aliphatic carbocycles. The average Bonchev–Trinajstić information content (AvgIpc) is 2.91. The maximum Gasteiger partial charge on any atom is 0.409 e. The first-order chi connectivity index (χ1) is 12.5. The van der Waals surface area contributed by atoms with Gasteiger partial charge in [-0.05, 0) is 19.1 Å². The molecule has 4 amide bonds. The average molecular weight is 359 g/mol. The molecule has 0 bridgehead atoms. The third-order valence-electron chi connectivity index (χ3n) is 4.59. The minimum absolute atomic E-state index is 0.0588. The van der Waals surface area contributed by atoms with Crippen molar-refractivity contribution in [2.45, 2.75) is 13.3 Å². The van der Waals surface area contributed by atoms with Crippen LogP contribution < -0.4 is 0 Å². The quantitative estimate of drug-likeness (QED) is 0.748. The van der Waals surface area contributed by atoms with Crippen LogP contribution in [0, 0.1) is 0 Å². The van der Waals surface area contributed by atoms with Gasteiger partial charge in [0.25, 0.3) is 11.8 Å². The number of nitrogens with zero attached hydrogens (tertiary/aromatic N) is 3. The summed E-state index contributed by atoms with van der Waals surface area (Å²) < 4.78 is 4.95. The molecule has 1 saturated heterocycles. The summed E-state index contributed by atoms with van der Waals surface area (Å²) in [5, 5.41) is 0. The van der Waals surface area contributed by atoms with Crippen molar-refractivity contribution in [3.05, 3.63) is 35.4 Å². The molecule has 138 valence electrons. The highest BCUT2D eigenvalue weighted by Gasteiger charge is 2.35. The van der Waals surface area contributed by atoms with Gasteiger partial charge in [0.05, 0.1) is 17.7 Å². The van der Waals surface area contributed by atoms with E-state index in [1.54, 1.807) is 41.0 Å². The summed E-state index contributed by atoms with van der Waals surface area (Å²) >= 11 is 0. The molecule has 3 rings (SSSR count). The first-order valence-corrected chi connectivity index (χ1v) is 8.67. The Morgan fingerprint density at radius 3 is 2.04 bits per heavy atom. The van der Waals surface area contributed by atoms with Gasteiger partial charge in [0, 0.05) is 39.1 Å². The molecule has 1 aromatic rings. The maximum absolute atomic E-state index is 12.4. The van der Waals surface area contributed by atoms with E-state index in [0.717, 1.165) is 4.90 Å². The Morgan fingerprint density at radius 1 is 0.962 bits per heavy atom. The number of hydrogen-bond acceptors (Lipinski definition) is 5. The topological polar surface area (TPSA) is 87.2 Å². The molecule has 8 nitrogen and oxygen atoms in total. The van der Waals surface area contributed by atoms with Crippen LogP contribution in [0.2, 0.25) is 0 Å². The highest BCUT2D eigenvalue weighted by atomic mass is 16.6. The zero-order valence-corrected chi connectivity index (χ0v) is 14.6. The molecule has 1 fully saturated rings. The van der Waals surface area contributed by atoms with Crippen LogP contribution in [0.3, 0.4) is 0 Å². The zero-order chi connectivity index (χ0) is 18.7. The Balaban J connectivity index is 1.51. The van der Waals surface area contributed by atoms with Crippen molar-refractivity contribution in [3.8, 4) is 0 Å². The third kappa shape index (κ3) is 3.40. The number of carbonyl (C=O) groups is 4. The zero-order valence-electron chi connectivity index (χ0n) is 14.6. The Morgan fingerprint density at radius 2 is 1.50 bits per heavy atom.